The summed E-state index contributed by atoms with van der Waals surface area (Å²) in [5, 5.41) is -0.0176. The Morgan fingerprint density at radius 2 is 1.95 bits per heavy atom. The Hall–Kier alpha value is -1.41. The topological polar surface area (TPSA) is 43.8 Å². The molecule has 0 saturated heterocycles. The van der Waals surface area contributed by atoms with E-state index in [1.54, 1.807) is 10.6 Å². The van der Waals surface area contributed by atoms with Crippen LogP contribution in [0.15, 0.2) is 30.3 Å². The molecule has 0 atom stereocenters. The van der Waals surface area contributed by atoms with E-state index in [1.807, 2.05) is 22.6 Å². The highest BCUT2D eigenvalue weighted by atomic mass is 127. The number of rotatable bonds is 1. The van der Waals surface area contributed by atoms with Gasteiger partial charge in [0.2, 0.25) is 5.95 Å². The van der Waals surface area contributed by atoms with E-state index in [9.17, 15) is 8.78 Å². The van der Waals surface area contributed by atoms with Gasteiger partial charge in [-0.3, -0.25) is 4.57 Å². The van der Waals surface area contributed by atoms with Gasteiger partial charge >= 0.3 is 0 Å². The van der Waals surface area contributed by atoms with Crippen LogP contribution in [0.1, 0.15) is 0 Å². The number of anilines is 1. The lowest BCUT2D eigenvalue weighted by atomic mass is 10.2. The molecule has 0 aliphatic rings. The van der Waals surface area contributed by atoms with Crippen molar-refractivity contribution in [2.24, 2.45) is 0 Å². The number of hydrogen-bond donors (Lipinski definition) is 1. The summed E-state index contributed by atoms with van der Waals surface area (Å²) in [4.78, 5) is 4.15. The fraction of sp³-hybridized carbons (Fsp3) is 0. The smallest absolute Gasteiger partial charge is 0.205 e. The molecule has 0 spiro atoms. The van der Waals surface area contributed by atoms with Gasteiger partial charge in [-0.2, -0.15) is 0 Å². The monoisotopic (exact) mass is 405 g/mol. The average molecular weight is 406 g/mol. The molecule has 20 heavy (non-hydrogen) atoms. The minimum absolute atomic E-state index is 0.0176. The summed E-state index contributed by atoms with van der Waals surface area (Å²) in [5.74, 6) is -0.723. The molecular formula is C13H7ClF2IN3. The summed E-state index contributed by atoms with van der Waals surface area (Å²) in [7, 11) is 0. The van der Waals surface area contributed by atoms with Crippen molar-refractivity contribution < 1.29 is 8.78 Å². The number of nitrogen functional groups attached to an aromatic ring is 1. The first kappa shape index (κ1) is 13.6. The maximum absolute atomic E-state index is 13.6. The van der Waals surface area contributed by atoms with Crippen LogP contribution < -0.4 is 5.73 Å². The number of nitrogens with two attached hydrogens (primary N) is 1. The number of halogens is 4. The van der Waals surface area contributed by atoms with Gasteiger partial charge in [-0.15, -0.1) is 0 Å². The highest BCUT2D eigenvalue weighted by Gasteiger charge is 2.15. The second-order valence-electron chi connectivity index (χ2n) is 4.16. The molecule has 2 N–H and O–H groups in total. The number of imidazole rings is 1. The van der Waals surface area contributed by atoms with E-state index in [2.05, 4.69) is 4.98 Å². The lowest BCUT2D eigenvalue weighted by Crippen LogP contribution is -2.03. The lowest BCUT2D eigenvalue weighted by Gasteiger charge is -2.09. The zero-order chi connectivity index (χ0) is 14.4. The minimum Gasteiger partial charge on any atom is -0.369 e. The summed E-state index contributed by atoms with van der Waals surface area (Å²) in [6.45, 7) is 0. The van der Waals surface area contributed by atoms with Crippen LogP contribution in [0, 0.1) is 15.2 Å². The lowest BCUT2D eigenvalue weighted by molar-refractivity contribution is 0.626. The van der Waals surface area contributed by atoms with Crippen molar-refractivity contribution in [1.29, 1.82) is 0 Å². The molecule has 2 aromatic carbocycles. The van der Waals surface area contributed by atoms with Crippen molar-refractivity contribution in [3.8, 4) is 5.69 Å². The Morgan fingerprint density at radius 3 is 2.65 bits per heavy atom. The van der Waals surface area contributed by atoms with Crippen LogP contribution in [0.5, 0.6) is 0 Å². The summed E-state index contributed by atoms with van der Waals surface area (Å²) >= 11 is 7.72. The molecule has 0 aliphatic heterocycles. The van der Waals surface area contributed by atoms with Crippen LogP contribution in [-0.4, -0.2) is 9.55 Å². The van der Waals surface area contributed by atoms with Gasteiger partial charge in [0.1, 0.15) is 11.6 Å². The Balaban J connectivity index is 2.35. The van der Waals surface area contributed by atoms with E-state index < -0.39 is 5.82 Å². The highest BCUT2D eigenvalue weighted by Crippen LogP contribution is 2.29. The summed E-state index contributed by atoms with van der Waals surface area (Å²) in [6.07, 6.45) is 0. The van der Waals surface area contributed by atoms with Crippen molar-refractivity contribution in [2.75, 3.05) is 5.73 Å². The maximum Gasteiger partial charge on any atom is 0.205 e. The van der Waals surface area contributed by atoms with E-state index in [0.29, 0.717) is 20.3 Å². The Kier molecular flexibility index (Phi) is 3.29. The van der Waals surface area contributed by atoms with E-state index in [4.69, 9.17) is 17.3 Å². The van der Waals surface area contributed by atoms with E-state index >= 15 is 0 Å². The molecular weight excluding hydrogens is 399 g/mol. The van der Waals surface area contributed by atoms with Crippen LogP contribution in [0.4, 0.5) is 14.7 Å². The highest BCUT2D eigenvalue weighted by molar-refractivity contribution is 14.1. The predicted molar refractivity (Wildman–Crippen MR) is 83.1 cm³/mol. The van der Waals surface area contributed by atoms with Crippen molar-refractivity contribution >= 4 is 51.2 Å². The molecule has 1 aromatic heterocycles. The van der Waals surface area contributed by atoms with E-state index in [1.165, 1.54) is 24.3 Å². The predicted octanol–water partition coefficient (Wildman–Crippen LogP) is 4.14. The second kappa shape index (κ2) is 4.85. The number of hydrogen-bond acceptors (Lipinski definition) is 2. The molecule has 102 valence electrons. The second-order valence-corrected chi connectivity index (χ2v) is 5.73. The van der Waals surface area contributed by atoms with Crippen LogP contribution >= 0.6 is 34.2 Å². The molecule has 3 nitrogen and oxygen atoms in total. The van der Waals surface area contributed by atoms with Gasteiger partial charge in [0.25, 0.3) is 0 Å². The Bertz CT molecular complexity index is 832. The molecule has 1 heterocycles. The first-order valence-corrected chi connectivity index (χ1v) is 7.01. The number of benzene rings is 2. The molecule has 0 fully saturated rings. The van der Waals surface area contributed by atoms with E-state index in [0.717, 1.165) is 0 Å². The first-order chi connectivity index (χ1) is 9.47. The third kappa shape index (κ3) is 2.12. The molecule has 0 saturated carbocycles. The minimum atomic E-state index is -0.558. The van der Waals surface area contributed by atoms with Gasteiger partial charge < -0.3 is 5.73 Å². The van der Waals surface area contributed by atoms with Crippen molar-refractivity contribution in [3.63, 3.8) is 0 Å². The SMILES string of the molecule is Nc1nc2cc(Cl)c(F)cc2n1-c1ccc(F)cc1I. The third-order valence-electron chi connectivity index (χ3n) is 2.87. The maximum atomic E-state index is 13.6. The molecule has 0 aliphatic carbocycles. The van der Waals surface area contributed by atoms with Crippen molar-refractivity contribution in [3.05, 3.63) is 50.6 Å². The first-order valence-electron chi connectivity index (χ1n) is 5.56. The van der Waals surface area contributed by atoms with Gasteiger partial charge in [0, 0.05) is 9.64 Å². The summed E-state index contributed by atoms with van der Waals surface area (Å²) in [5.41, 5.74) is 7.48. The van der Waals surface area contributed by atoms with Gasteiger partial charge in [-0.05, 0) is 46.9 Å². The van der Waals surface area contributed by atoms with Crippen molar-refractivity contribution in [1.82, 2.24) is 9.55 Å². The zero-order valence-electron chi connectivity index (χ0n) is 9.87. The normalized spacial score (nSPS) is 11.2. The van der Waals surface area contributed by atoms with Gasteiger partial charge in [-0.25, -0.2) is 13.8 Å². The number of aromatic nitrogens is 2. The molecule has 0 radical (unpaired) electrons. The third-order valence-corrected chi connectivity index (χ3v) is 4.03. The molecule has 3 aromatic rings. The fourth-order valence-corrected chi connectivity index (χ4v) is 2.88. The fourth-order valence-electron chi connectivity index (χ4n) is 2.01. The van der Waals surface area contributed by atoms with Gasteiger partial charge in [-0.1, -0.05) is 11.6 Å². The average Bonchev–Trinajstić information content (AvgIpc) is 2.66. The van der Waals surface area contributed by atoms with Crippen LogP contribution in [-0.2, 0) is 0 Å². The molecule has 3 rings (SSSR count). The van der Waals surface area contributed by atoms with Gasteiger partial charge in [0.05, 0.1) is 21.7 Å². The number of nitrogens with zero attached hydrogens (tertiary/aromatic N) is 2. The molecule has 7 heteroatoms. The largest absolute Gasteiger partial charge is 0.369 e. The Labute approximate surface area is 131 Å². The standard InChI is InChI=1S/C13H7ClF2IN3/c14-7-4-10-12(5-8(7)16)20(13(18)19-10)11-2-1-6(15)3-9(11)17/h1-5H,(H2,18,19). The number of fused-ring (bicyclic) bond motifs is 1. The van der Waals surface area contributed by atoms with Crippen LogP contribution in [0.25, 0.3) is 16.7 Å². The van der Waals surface area contributed by atoms with Crippen LogP contribution in [0.2, 0.25) is 5.02 Å². The Morgan fingerprint density at radius 1 is 1.20 bits per heavy atom. The molecule has 0 unspecified atom stereocenters. The summed E-state index contributed by atoms with van der Waals surface area (Å²) < 4.78 is 29.0. The summed E-state index contributed by atoms with van der Waals surface area (Å²) in [6, 6.07) is 6.93. The molecule has 0 bridgehead atoms. The van der Waals surface area contributed by atoms with Gasteiger partial charge in [0.15, 0.2) is 0 Å². The van der Waals surface area contributed by atoms with Crippen LogP contribution in [0.3, 0.4) is 0 Å². The van der Waals surface area contributed by atoms with E-state index in [-0.39, 0.29) is 16.8 Å². The molecule has 0 amide bonds. The van der Waals surface area contributed by atoms with Crippen molar-refractivity contribution in [2.45, 2.75) is 0 Å². The quantitative estimate of drug-likeness (QED) is 0.618. The zero-order valence-corrected chi connectivity index (χ0v) is 12.8.